The zero-order chi connectivity index (χ0) is 15.6. The largest absolute Gasteiger partial charge is 0.423 e. The van der Waals surface area contributed by atoms with Gasteiger partial charge in [0.05, 0.1) is 0 Å². The molecule has 6 heteroatoms. The standard InChI is InChI=1S/C16H18N2O4/c19-13(12-4-2-1-3-5-12)17-14(20)22-15(21)18-10-8-16(6-7-16)9-11-18/h1-5H,6-11H2,(H,17,19,20). The van der Waals surface area contributed by atoms with Gasteiger partial charge in [-0.1, -0.05) is 18.2 Å². The van der Waals surface area contributed by atoms with Crippen molar-refractivity contribution in [2.45, 2.75) is 25.7 Å². The number of benzene rings is 1. The van der Waals surface area contributed by atoms with Crippen LogP contribution < -0.4 is 5.32 Å². The first-order valence-electron chi connectivity index (χ1n) is 7.45. The van der Waals surface area contributed by atoms with E-state index in [1.54, 1.807) is 30.3 Å². The Morgan fingerprint density at radius 3 is 2.23 bits per heavy atom. The van der Waals surface area contributed by atoms with Crippen LogP contribution in [-0.4, -0.2) is 36.1 Å². The molecule has 1 aromatic rings. The molecule has 0 radical (unpaired) electrons. The highest BCUT2D eigenvalue weighted by Crippen LogP contribution is 2.53. The Balaban J connectivity index is 1.47. The number of hydrogen-bond donors (Lipinski definition) is 1. The van der Waals surface area contributed by atoms with E-state index >= 15 is 0 Å². The van der Waals surface area contributed by atoms with E-state index in [2.05, 4.69) is 4.74 Å². The first-order chi connectivity index (χ1) is 10.6. The predicted molar refractivity (Wildman–Crippen MR) is 78.3 cm³/mol. The van der Waals surface area contributed by atoms with Crippen molar-refractivity contribution in [1.82, 2.24) is 10.2 Å². The molecule has 3 amide bonds. The van der Waals surface area contributed by atoms with E-state index in [9.17, 15) is 14.4 Å². The molecule has 1 aromatic carbocycles. The Kier molecular flexibility index (Phi) is 3.83. The smallest absolute Gasteiger partial charge is 0.359 e. The Labute approximate surface area is 128 Å². The molecule has 22 heavy (non-hydrogen) atoms. The molecule has 0 aromatic heterocycles. The molecular weight excluding hydrogens is 284 g/mol. The second-order valence-electron chi connectivity index (χ2n) is 5.96. The van der Waals surface area contributed by atoms with E-state index in [0.29, 0.717) is 24.1 Å². The van der Waals surface area contributed by atoms with Crippen LogP contribution in [0.2, 0.25) is 0 Å². The predicted octanol–water partition coefficient (Wildman–Crippen LogP) is 2.55. The molecule has 2 fully saturated rings. The Bertz CT molecular complexity index is 585. The SMILES string of the molecule is O=C(NC(=O)c1ccccc1)OC(=O)N1CCC2(CC1)CC2. The molecule has 116 valence electrons. The number of likely N-dealkylation sites (tertiary alicyclic amines) is 1. The Morgan fingerprint density at radius 1 is 1.00 bits per heavy atom. The number of carbonyl (C=O) groups excluding carboxylic acids is 3. The molecule has 1 heterocycles. The summed E-state index contributed by atoms with van der Waals surface area (Å²) in [5, 5.41) is 2.05. The normalized spacial score (nSPS) is 18.6. The van der Waals surface area contributed by atoms with Crippen molar-refractivity contribution in [3.8, 4) is 0 Å². The summed E-state index contributed by atoms with van der Waals surface area (Å²) in [6.45, 7) is 1.22. The van der Waals surface area contributed by atoms with Crippen LogP contribution in [0.4, 0.5) is 9.59 Å². The van der Waals surface area contributed by atoms with Crippen molar-refractivity contribution in [3.05, 3.63) is 35.9 Å². The molecule has 1 N–H and O–H groups in total. The zero-order valence-electron chi connectivity index (χ0n) is 12.2. The third-order valence-electron chi connectivity index (χ3n) is 4.47. The van der Waals surface area contributed by atoms with Crippen molar-refractivity contribution in [3.63, 3.8) is 0 Å². The topological polar surface area (TPSA) is 75.7 Å². The molecule has 6 nitrogen and oxygen atoms in total. The van der Waals surface area contributed by atoms with Crippen molar-refractivity contribution in [2.75, 3.05) is 13.1 Å². The highest BCUT2D eigenvalue weighted by molar-refractivity contribution is 6.04. The number of nitrogens with zero attached hydrogens (tertiary/aromatic N) is 1. The molecule has 1 saturated carbocycles. The van der Waals surface area contributed by atoms with E-state index in [0.717, 1.165) is 12.8 Å². The van der Waals surface area contributed by atoms with Crippen molar-refractivity contribution < 1.29 is 19.1 Å². The number of rotatable bonds is 1. The minimum absolute atomic E-state index is 0.334. The van der Waals surface area contributed by atoms with Crippen LogP contribution in [-0.2, 0) is 4.74 Å². The van der Waals surface area contributed by atoms with Gasteiger partial charge in [-0.05, 0) is 43.2 Å². The van der Waals surface area contributed by atoms with Gasteiger partial charge in [0.15, 0.2) is 0 Å². The average molecular weight is 302 g/mol. The van der Waals surface area contributed by atoms with Gasteiger partial charge in [0, 0.05) is 18.7 Å². The number of amides is 3. The summed E-state index contributed by atoms with van der Waals surface area (Å²) in [4.78, 5) is 36.8. The van der Waals surface area contributed by atoms with Gasteiger partial charge in [-0.3, -0.25) is 10.1 Å². The van der Waals surface area contributed by atoms with Gasteiger partial charge in [0.25, 0.3) is 5.91 Å². The second-order valence-corrected chi connectivity index (χ2v) is 5.96. The van der Waals surface area contributed by atoms with E-state index in [-0.39, 0.29) is 0 Å². The highest BCUT2D eigenvalue weighted by atomic mass is 16.6. The number of imide groups is 1. The summed E-state index contributed by atoms with van der Waals surface area (Å²) < 4.78 is 4.69. The summed E-state index contributed by atoms with van der Waals surface area (Å²) in [6.07, 6.45) is 2.68. The summed E-state index contributed by atoms with van der Waals surface area (Å²) >= 11 is 0. The first kappa shape index (κ1) is 14.6. The van der Waals surface area contributed by atoms with Gasteiger partial charge in [0.2, 0.25) is 0 Å². The Morgan fingerprint density at radius 2 is 1.64 bits per heavy atom. The fourth-order valence-corrected chi connectivity index (χ4v) is 2.76. The van der Waals surface area contributed by atoms with Crippen LogP contribution in [0.1, 0.15) is 36.0 Å². The minimum atomic E-state index is -1.04. The van der Waals surface area contributed by atoms with E-state index in [1.807, 2.05) is 5.32 Å². The van der Waals surface area contributed by atoms with Crippen molar-refractivity contribution in [1.29, 1.82) is 0 Å². The molecular formula is C16H18N2O4. The number of hydrogen-bond acceptors (Lipinski definition) is 4. The number of alkyl carbamates (subject to hydrolysis) is 1. The van der Waals surface area contributed by atoms with Gasteiger partial charge < -0.3 is 9.64 Å². The lowest BCUT2D eigenvalue weighted by molar-refractivity contribution is 0.0885. The molecule has 1 saturated heterocycles. The molecule has 1 spiro atoms. The summed E-state index contributed by atoms with van der Waals surface area (Å²) in [6, 6.07) is 8.29. The van der Waals surface area contributed by atoms with Crippen LogP contribution >= 0.6 is 0 Å². The van der Waals surface area contributed by atoms with Gasteiger partial charge in [-0.15, -0.1) is 0 Å². The lowest BCUT2D eigenvalue weighted by atomic mass is 9.94. The molecule has 2 aliphatic rings. The number of ether oxygens (including phenoxy) is 1. The van der Waals surface area contributed by atoms with Crippen LogP contribution in [0.5, 0.6) is 0 Å². The molecule has 0 atom stereocenters. The maximum atomic E-state index is 11.9. The monoisotopic (exact) mass is 302 g/mol. The molecule has 0 unspecified atom stereocenters. The lowest BCUT2D eigenvalue weighted by Crippen LogP contribution is -2.42. The van der Waals surface area contributed by atoms with Gasteiger partial charge in [-0.2, -0.15) is 0 Å². The average Bonchev–Trinajstić information content (AvgIpc) is 3.27. The van der Waals surface area contributed by atoms with Crippen LogP contribution in [0.3, 0.4) is 0 Å². The summed E-state index contributed by atoms with van der Waals surface area (Å²) in [5.74, 6) is -0.589. The molecule has 1 aliphatic carbocycles. The zero-order valence-corrected chi connectivity index (χ0v) is 12.2. The number of nitrogens with one attached hydrogen (secondary N) is 1. The second kappa shape index (κ2) is 5.79. The lowest BCUT2D eigenvalue weighted by Gasteiger charge is -2.30. The van der Waals surface area contributed by atoms with E-state index in [1.165, 1.54) is 17.7 Å². The quantitative estimate of drug-likeness (QED) is 0.809. The van der Waals surface area contributed by atoms with Gasteiger partial charge in [0.1, 0.15) is 0 Å². The third kappa shape index (κ3) is 3.27. The fraction of sp³-hybridized carbons (Fsp3) is 0.438. The van der Waals surface area contributed by atoms with Gasteiger partial charge >= 0.3 is 12.2 Å². The summed E-state index contributed by atoms with van der Waals surface area (Å²) in [7, 11) is 0. The molecule has 1 aliphatic heterocycles. The van der Waals surface area contributed by atoms with Crippen LogP contribution in [0.15, 0.2) is 30.3 Å². The maximum Gasteiger partial charge on any atom is 0.423 e. The number of carbonyl (C=O) groups is 3. The summed E-state index contributed by atoms with van der Waals surface area (Å²) in [5.41, 5.74) is 0.781. The van der Waals surface area contributed by atoms with E-state index in [4.69, 9.17) is 0 Å². The molecule has 3 rings (SSSR count). The number of piperidine rings is 1. The van der Waals surface area contributed by atoms with Crippen molar-refractivity contribution in [2.24, 2.45) is 5.41 Å². The first-order valence-corrected chi connectivity index (χ1v) is 7.45. The molecule has 0 bridgehead atoms. The highest BCUT2D eigenvalue weighted by Gasteiger charge is 2.45. The minimum Gasteiger partial charge on any atom is -0.359 e. The third-order valence-corrected chi connectivity index (χ3v) is 4.47. The van der Waals surface area contributed by atoms with Gasteiger partial charge in [-0.25, -0.2) is 9.59 Å². The Hall–Kier alpha value is -2.37. The van der Waals surface area contributed by atoms with Crippen molar-refractivity contribution >= 4 is 18.1 Å². The maximum absolute atomic E-state index is 11.9. The van der Waals surface area contributed by atoms with Crippen LogP contribution in [0.25, 0.3) is 0 Å². The fourth-order valence-electron chi connectivity index (χ4n) is 2.76. The van der Waals surface area contributed by atoms with Crippen LogP contribution in [0, 0.1) is 5.41 Å². The van der Waals surface area contributed by atoms with E-state index < -0.39 is 18.1 Å².